The van der Waals surface area contributed by atoms with E-state index in [0.29, 0.717) is 11.1 Å². The quantitative estimate of drug-likeness (QED) is 0.582. The summed E-state index contributed by atoms with van der Waals surface area (Å²) in [6, 6.07) is 15.9. The lowest BCUT2D eigenvalue weighted by Gasteiger charge is -2.09. The normalized spacial score (nSPS) is 13.5. The van der Waals surface area contributed by atoms with Crippen LogP contribution in [0, 0.1) is 0 Å². The fourth-order valence-electron chi connectivity index (χ4n) is 1.78. The van der Waals surface area contributed by atoms with Gasteiger partial charge in [-0.1, -0.05) is 60.7 Å². The molecular formula is C16H14O7S2. The van der Waals surface area contributed by atoms with Crippen LogP contribution in [0.4, 0.5) is 0 Å². The van der Waals surface area contributed by atoms with E-state index in [-0.39, 0.29) is 0 Å². The third kappa shape index (κ3) is 5.84. The monoisotopic (exact) mass is 382 g/mol. The number of rotatable bonds is 6. The fraction of sp³-hybridized carbons (Fsp3) is 0. The average molecular weight is 382 g/mol. The van der Waals surface area contributed by atoms with Crippen molar-refractivity contribution in [2.45, 2.75) is 0 Å². The van der Waals surface area contributed by atoms with Crippen LogP contribution in [-0.4, -0.2) is 25.9 Å². The van der Waals surface area contributed by atoms with E-state index in [1.165, 1.54) is 24.3 Å². The Hall–Kier alpha value is -2.46. The maximum atomic E-state index is 11.5. The highest BCUT2D eigenvalue weighted by Crippen LogP contribution is 2.21. The number of hydrogen-bond donors (Lipinski definition) is 2. The predicted molar refractivity (Wildman–Crippen MR) is 93.0 cm³/mol. The molecule has 7 nitrogen and oxygen atoms in total. The zero-order valence-electron chi connectivity index (χ0n) is 12.7. The highest BCUT2D eigenvalue weighted by molar-refractivity contribution is 7.90. The first kappa shape index (κ1) is 18.9. The van der Waals surface area contributed by atoms with Gasteiger partial charge in [-0.2, -0.15) is 16.8 Å². The van der Waals surface area contributed by atoms with E-state index in [0.717, 1.165) is 12.2 Å². The minimum absolute atomic E-state index is 0.338. The largest absolute Gasteiger partial charge is 0.428 e. The summed E-state index contributed by atoms with van der Waals surface area (Å²) in [6.07, 6.45) is 1.86. The molecule has 0 atom stereocenters. The smallest absolute Gasteiger partial charge is 0.328 e. The van der Waals surface area contributed by atoms with E-state index in [9.17, 15) is 25.9 Å². The molecule has 2 N–H and O–H groups in total. The van der Waals surface area contributed by atoms with E-state index in [1.54, 1.807) is 36.4 Å². The van der Waals surface area contributed by atoms with E-state index in [4.69, 9.17) is 4.74 Å². The van der Waals surface area contributed by atoms with Crippen LogP contribution in [-0.2, 0) is 25.0 Å². The molecule has 9 heteroatoms. The molecule has 2 rings (SSSR count). The minimum atomic E-state index is -4.89. The molecule has 0 radical (unpaired) electrons. The molecule has 2 aromatic rings. The standard InChI is InChI=1S/C16H14O7S2/c17-24(18,19)15(11-13-7-3-1-4-8-13)23-16(25(20,21)22)12-14-9-5-2-6-10-14/h1-12H,(H,17,18,19)(H,20,21,22). The summed E-state index contributed by atoms with van der Waals surface area (Å²) in [4.78, 5) is 0. The Morgan fingerprint density at radius 1 is 0.680 bits per heavy atom. The second-order valence-corrected chi connectivity index (χ2v) is 7.51. The van der Waals surface area contributed by atoms with Crippen molar-refractivity contribution in [2.75, 3.05) is 0 Å². The van der Waals surface area contributed by atoms with Crippen LogP contribution in [0.15, 0.2) is 70.8 Å². The van der Waals surface area contributed by atoms with Crippen molar-refractivity contribution in [2.24, 2.45) is 0 Å². The lowest BCUT2D eigenvalue weighted by Crippen LogP contribution is -2.11. The molecule has 0 heterocycles. The molecule has 0 fully saturated rings. The van der Waals surface area contributed by atoms with E-state index in [2.05, 4.69) is 0 Å². The van der Waals surface area contributed by atoms with Gasteiger partial charge in [-0.15, -0.1) is 0 Å². The van der Waals surface area contributed by atoms with Crippen molar-refractivity contribution in [3.63, 3.8) is 0 Å². The highest BCUT2D eigenvalue weighted by Gasteiger charge is 2.24. The summed E-state index contributed by atoms with van der Waals surface area (Å²) in [5, 5.41) is -2.09. The lowest BCUT2D eigenvalue weighted by atomic mass is 10.2. The van der Waals surface area contributed by atoms with Gasteiger partial charge in [-0.25, -0.2) is 0 Å². The molecule has 2 aromatic carbocycles. The van der Waals surface area contributed by atoms with Gasteiger partial charge in [0, 0.05) is 12.2 Å². The highest BCUT2D eigenvalue weighted by atomic mass is 32.2. The molecule has 0 aliphatic heterocycles. The van der Waals surface area contributed by atoms with Gasteiger partial charge in [0.1, 0.15) is 0 Å². The Labute approximate surface area is 145 Å². The van der Waals surface area contributed by atoms with Gasteiger partial charge in [0.15, 0.2) is 0 Å². The molecule has 0 amide bonds. The molecule has 132 valence electrons. The van der Waals surface area contributed by atoms with Crippen LogP contribution in [0.3, 0.4) is 0 Å². The summed E-state index contributed by atoms with van der Waals surface area (Å²) in [7, 11) is -9.78. The second kappa shape index (κ2) is 7.62. The van der Waals surface area contributed by atoms with Crippen LogP contribution < -0.4 is 0 Å². The molecule has 0 bridgehead atoms. The van der Waals surface area contributed by atoms with Gasteiger partial charge in [-0.3, -0.25) is 9.11 Å². The maximum Gasteiger partial charge on any atom is 0.328 e. The van der Waals surface area contributed by atoms with E-state index < -0.39 is 30.4 Å². The first-order chi connectivity index (χ1) is 11.7. The summed E-state index contributed by atoms with van der Waals surface area (Å²) >= 11 is 0. The van der Waals surface area contributed by atoms with Gasteiger partial charge in [0.25, 0.3) is 0 Å². The maximum absolute atomic E-state index is 11.5. The number of hydrogen-bond acceptors (Lipinski definition) is 5. The first-order valence-corrected chi connectivity index (χ1v) is 9.70. The lowest BCUT2D eigenvalue weighted by molar-refractivity contribution is 0.337. The summed E-state index contributed by atoms with van der Waals surface area (Å²) < 4.78 is 69.5. The van der Waals surface area contributed by atoms with Crippen molar-refractivity contribution in [1.29, 1.82) is 0 Å². The van der Waals surface area contributed by atoms with Crippen LogP contribution in [0.5, 0.6) is 0 Å². The fourth-order valence-corrected chi connectivity index (χ4v) is 2.80. The molecule has 0 spiro atoms. The van der Waals surface area contributed by atoms with Crippen molar-refractivity contribution in [1.82, 2.24) is 0 Å². The molecule has 0 saturated carbocycles. The van der Waals surface area contributed by atoms with Crippen LogP contribution in [0.2, 0.25) is 0 Å². The summed E-state index contributed by atoms with van der Waals surface area (Å²) in [6.45, 7) is 0. The SMILES string of the molecule is O=S(=O)(O)C(=Cc1ccccc1)OC(=Cc1ccccc1)S(=O)(=O)O. The predicted octanol–water partition coefficient (Wildman–Crippen LogP) is 2.78. The van der Waals surface area contributed by atoms with Crippen molar-refractivity contribution in [3.05, 3.63) is 82.0 Å². The van der Waals surface area contributed by atoms with Crippen molar-refractivity contribution < 1.29 is 30.7 Å². The van der Waals surface area contributed by atoms with Crippen molar-refractivity contribution >= 4 is 32.4 Å². The molecular weight excluding hydrogens is 368 g/mol. The third-order valence-corrected chi connectivity index (χ3v) is 4.30. The van der Waals surface area contributed by atoms with Crippen LogP contribution in [0.25, 0.3) is 12.2 Å². The van der Waals surface area contributed by atoms with E-state index >= 15 is 0 Å². The minimum Gasteiger partial charge on any atom is -0.428 e. The van der Waals surface area contributed by atoms with Crippen LogP contribution in [0.1, 0.15) is 11.1 Å². The zero-order chi connectivity index (χ0) is 18.5. The Morgan fingerprint density at radius 2 is 1.00 bits per heavy atom. The van der Waals surface area contributed by atoms with Crippen molar-refractivity contribution in [3.8, 4) is 0 Å². The van der Waals surface area contributed by atoms with E-state index in [1.807, 2.05) is 0 Å². The van der Waals surface area contributed by atoms with Gasteiger partial charge in [0.05, 0.1) is 0 Å². The molecule has 0 unspecified atom stereocenters. The van der Waals surface area contributed by atoms with Crippen LogP contribution >= 0.6 is 0 Å². The first-order valence-electron chi connectivity index (χ1n) is 6.82. The molecule has 25 heavy (non-hydrogen) atoms. The number of ether oxygens (including phenoxy) is 1. The summed E-state index contributed by atoms with van der Waals surface area (Å²) in [5.41, 5.74) is 0.675. The molecule has 0 saturated heterocycles. The van der Waals surface area contributed by atoms with Gasteiger partial charge in [0.2, 0.25) is 10.2 Å². The Morgan fingerprint density at radius 3 is 1.28 bits per heavy atom. The average Bonchev–Trinajstić information content (AvgIpc) is 2.53. The second-order valence-electron chi connectivity index (χ2n) is 4.80. The Balaban J connectivity index is 2.51. The van der Waals surface area contributed by atoms with Gasteiger partial charge in [-0.05, 0) is 11.1 Å². The Kier molecular flexibility index (Phi) is 5.75. The molecule has 0 aromatic heterocycles. The number of benzene rings is 2. The Bertz CT molecular complexity index is 907. The zero-order valence-corrected chi connectivity index (χ0v) is 14.3. The topological polar surface area (TPSA) is 118 Å². The summed E-state index contributed by atoms with van der Waals surface area (Å²) in [5.74, 6) is 0. The third-order valence-electron chi connectivity index (χ3n) is 2.88. The van der Waals surface area contributed by atoms with Gasteiger partial charge < -0.3 is 4.74 Å². The molecule has 0 aliphatic rings. The molecule has 0 aliphatic carbocycles. The van der Waals surface area contributed by atoms with Gasteiger partial charge >= 0.3 is 20.2 Å².